The van der Waals surface area contributed by atoms with E-state index in [1.54, 1.807) is 12.1 Å². The average Bonchev–Trinajstić information content (AvgIpc) is 2.84. The molecular formula is C12H19N3O3S. The van der Waals surface area contributed by atoms with Crippen LogP contribution in [0.15, 0.2) is 23.1 Å². The number of sulfonamides is 1. The summed E-state index contributed by atoms with van der Waals surface area (Å²) in [7, 11) is -0.455. The van der Waals surface area contributed by atoms with Gasteiger partial charge in [-0.15, -0.1) is 0 Å². The van der Waals surface area contributed by atoms with E-state index in [2.05, 4.69) is 5.32 Å². The van der Waals surface area contributed by atoms with Crippen molar-refractivity contribution in [1.29, 1.82) is 0 Å². The summed E-state index contributed by atoms with van der Waals surface area (Å²) in [6.45, 7) is 1.39. The second-order valence-corrected chi connectivity index (χ2v) is 6.89. The van der Waals surface area contributed by atoms with Gasteiger partial charge in [-0.1, -0.05) is 0 Å². The molecule has 1 aromatic rings. The first-order valence-corrected chi connectivity index (χ1v) is 7.51. The number of anilines is 2. The van der Waals surface area contributed by atoms with Crippen LogP contribution in [0.25, 0.3) is 0 Å². The van der Waals surface area contributed by atoms with Gasteiger partial charge in [0, 0.05) is 20.7 Å². The van der Waals surface area contributed by atoms with Crippen LogP contribution in [-0.4, -0.2) is 46.1 Å². The maximum absolute atomic E-state index is 12.0. The molecule has 1 aliphatic rings. The van der Waals surface area contributed by atoms with Gasteiger partial charge in [0.05, 0.1) is 28.9 Å². The zero-order valence-corrected chi connectivity index (χ0v) is 11.9. The van der Waals surface area contributed by atoms with E-state index in [-0.39, 0.29) is 10.9 Å². The van der Waals surface area contributed by atoms with E-state index in [9.17, 15) is 8.42 Å². The molecule has 0 radical (unpaired) electrons. The van der Waals surface area contributed by atoms with Gasteiger partial charge in [0.1, 0.15) is 0 Å². The highest BCUT2D eigenvalue weighted by Crippen LogP contribution is 2.25. The Morgan fingerprint density at radius 3 is 2.68 bits per heavy atom. The van der Waals surface area contributed by atoms with Crippen LogP contribution >= 0.6 is 0 Å². The molecule has 106 valence electrons. The first-order valence-electron chi connectivity index (χ1n) is 6.07. The summed E-state index contributed by atoms with van der Waals surface area (Å²) in [6.07, 6.45) is 0.928. The lowest BCUT2D eigenvalue weighted by molar-refractivity contribution is 0.195. The van der Waals surface area contributed by atoms with Gasteiger partial charge < -0.3 is 15.8 Å². The maximum Gasteiger partial charge on any atom is 0.242 e. The molecule has 7 heteroatoms. The quantitative estimate of drug-likeness (QED) is 0.796. The Labute approximate surface area is 113 Å². The van der Waals surface area contributed by atoms with Gasteiger partial charge in [0.25, 0.3) is 0 Å². The van der Waals surface area contributed by atoms with Crippen molar-refractivity contribution in [2.45, 2.75) is 17.4 Å². The zero-order valence-electron chi connectivity index (χ0n) is 11.1. The third-order valence-electron chi connectivity index (χ3n) is 3.09. The average molecular weight is 285 g/mol. The second kappa shape index (κ2) is 5.36. The number of hydrogen-bond acceptors (Lipinski definition) is 5. The lowest BCUT2D eigenvalue weighted by atomic mass is 10.2. The van der Waals surface area contributed by atoms with Crippen LogP contribution in [0.4, 0.5) is 11.4 Å². The van der Waals surface area contributed by atoms with Crippen molar-refractivity contribution in [2.75, 3.05) is 38.4 Å². The molecule has 0 amide bonds. The predicted molar refractivity (Wildman–Crippen MR) is 74.6 cm³/mol. The van der Waals surface area contributed by atoms with Gasteiger partial charge in [-0.05, 0) is 24.6 Å². The van der Waals surface area contributed by atoms with Crippen molar-refractivity contribution >= 4 is 21.4 Å². The number of nitrogens with zero attached hydrogens (tertiary/aromatic N) is 1. The maximum atomic E-state index is 12.0. The molecule has 1 fully saturated rings. The third kappa shape index (κ3) is 2.99. The Balaban J connectivity index is 2.22. The normalized spacial score (nSPS) is 19.8. The van der Waals surface area contributed by atoms with Crippen molar-refractivity contribution in [3.05, 3.63) is 18.2 Å². The summed E-state index contributed by atoms with van der Waals surface area (Å²) < 4.78 is 30.4. The van der Waals surface area contributed by atoms with E-state index >= 15 is 0 Å². The molecule has 1 atom stereocenters. The minimum Gasteiger partial charge on any atom is -0.397 e. The van der Waals surface area contributed by atoms with Gasteiger partial charge in [-0.2, -0.15) is 0 Å². The first kappa shape index (κ1) is 14.1. The summed E-state index contributed by atoms with van der Waals surface area (Å²) in [5.41, 5.74) is 7.08. The minimum atomic E-state index is -3.44. The number of nitrogen functional groups attached to an aromatic ring is 1. The molecule has 0 aliphatic carbocycles. The SMILES string of the molecule is CN(C)S(=O)(=O)c1ccc(NC2CCOC2)c(N)c1. The highest BCUT2D eigenvalue weighted by molar-refractivity contribution is 7.89. The van der Waals surface area contributed by atoms with Crippen molar-refractivity contribution in [1.82, 2.24) is 4.31 Å². The van der Waals surface area contributed by atoms with Gasteiger partial charge in [-0.3, -0.25) is 0 Å². The number of nitrogens with two attached hydrogens (primary N) is 1. The number of benzene rings is 1. The molecule has 0 spiro atoms. The molecule has 1 aromatic carbocycles. The predicted octanol–water partition coefficient (Wildman–Crippen LogP) is 0.720. The van der Waals surface area contributed by atoms with E-state index in [4.69, 9.17) is 10.5 Å². The molecular weight excluding hydrogens is 266 g/mol. The lowest BCUT2D eigenvalue weighted by Gasteiger charge is -2.16. The standard InChI is InChI=1S/C12H19N3O3S/c1-15(2)19(16,17)10-3-4-12(11(13)7-10)14-9-5-6-18-8-9/h3-4,7,9,14H,5-6,8,13H2,1-2H3. The van der Waals surface area contributed by atoms with Crippen molar-refractivity contribution in [3.63, 3.8) is 0 Å². The monoisotopic (exact) mass is 285 g/mol. The topological polar surface area (TPSA) is 84.7 Å². The van der Waals surface area contributed by atoms with Crippen LogP contribution in [0.5, 0.6) is 0 Å². The van der Waals surface area contributed by atoms with Crippen molar-refractivity contribution < 1.29 is 13.2 Å². The fourth-order valence-electron chi connectivity index (χ4n) is 1.91. The highest BCUT2D eigenvalue weighted by atomic mass is 32.2. The van der Waals surface area contributed by atoms with E-state index in [0.717, 1.165) is 18.7 Å². The van der Waals surface area contributed by atoms with Gasteiger partial charge >= 0.3 is 0 Å². The minimum absolute atomic E-state index is 0.197. The van der Waals surface area contributed by atoms with Crippen LogP contribution in [0, 0.1) is 0 Å². The molecule has 1 unspecified atom stereocenters. The molecule has 1 heterocycles. The lowest BCUT2D eigenvalue weighted by Crippen LogP contribution is -2.23. The number of nitrogens with one attached hydrogen (secondary N) is 1. The fraction of sp³-hybridized carbons (Fsp3) is 0.500. The summed E-state index contributed by atoms with van der Waals surface area (Å²) >= 11 is 0. The second-order valence-electron chi connectivity index (χ2n) is 4.74. The van der Waals surface area contributed by atoms with Crippen LogP contribution in [-0.2, 0) is 14.8 Å². The van der Waals surface area contributed by atoms with Crippen molar-refractivity contribution in [3.8, 4) is 0 Å². The Hall–Kier alpha value is -1.31. The molecule has 2 rings (SSSR count). The van der Waals surface area contributed by atoms with Crippen LogP contribution < -0.4 is 11.1 Å². The van der Waals surface area contributed by atoms with Gasteiger partial charge in [-0.25, -0.2) is 12.7 Å². The zero-order chi connectivity index (χ0) is 14.0. The first-order chi connectivity index (χ1) is 8.91. The number of ether oxygens (including phenoxy) is 1. The Morgan fingerprint density at radius 1 is 1.42 bits per heavy atom. The van der Waals surface area contributed by atoms with E-state index in [0.29, 0.717) is 12.3 Å². The molecule has 1 saturated heterocycles. The summed E-state index contributed by atoms with van der Waals surface area (Å²) in [5, 5.41) is 3.26. The van der Waals surface area contributed by atoms with Crippen LogP contribution in [0.2, 0.25) is 0 Å². The molecule has 0 bridgehead atoms. The van der Waals surface area contributed by atoms with E-state index < -0.39 is 10.0 Å². The summed E-state index contributed by atoms with van der Waals surface area (Å²) in [5.74, 6) is 0. The highest BCUT2D eigenvalue weighted by Gasteiger charge is 2.20. The number of rotatable bonds is 4. The summed E-state index contributed by atoms with van der Waals surface area (Å²) in [4.78, 5) is 0.197. The Kier molecular flexibility index (Phi) is 3.98. The molecule has 0 aromatic heterocycles. The van der Waals surface area contributed by atoms with Gasteiger partial charge in [0.2, 0.25) is 10.0 Å². The molecule has 19 heavy (non-hydrogen) atoms. The van der Waals surface area contributed by atoms with Crippen molar-refractivity contribution in [2.24, 2.45) is 0 Å². The van der Waals surface area contributed by atoms with E-state index in [1.165, 1.54) is 24.5 Å². The molecule has 3 N–H and O–H groups in total. The van der Waals surface area contributed by atoms with Gasteiger partial charge in [0.15, 0.2) is 0 Å². The molecule has 0 saturated carbocycles. The molecule has 1 aliphatic heterocycles. The van der Waals surface area contributed by atoms with Crippen LogP contribution in [0.1, 0.15) is 6.42 Å². The van der Waals surface area contributed by atoms with E-state index in [1.807, 2.05) is 0 Å². The summed E-state index contributed by atoms with van der Waals surface area (Å²) in [6, 6.07) is 4.97. The fourth-order valence-corrected chi connectivity index (χ4v) is 2.85. The molecule has 6 nitrogen and oxygen atoms in total. The Bertz CT molecular complexity index is 551. The number of hydrogen-bond donors (Lipinski definition) is 2. The third-order valence-corrected chi connectivity index (χ3v) is 4.90. The Morgan fingerprint density at radius 2 is 2.16 bits per heavy atom. The smallest absolute Gasteiger partial charge is 0.242 e. The van der Waals surface area contributed by atoms with Crippen LogP contribution in [0.3, 0.4) is 0 Å². The largest absolute Gasteiger partial charge is 0.397 e.